The summed E-state index contributed by atoms with van der Waals surface area (Å²) in [7, 11) is 2.64. The van der Waals surface area contributed by atoms with Crippen LogP contribution in [0.3, 0.4) is 0 Å². The standard InChI is InChI=1S/C34H29Cl3N2O5.C30H20Cl3NO5/c1-41-34(40)25-16-21(15-22(17-25)19-39-11-13-42-14-12-39)5-6-23-9-10-26(18-30(23)37)43-20-27-32(38-44-33(27)24-7-8-24)31-28(35)3-2-4-29(31)36;1-37-30(36)21-12-17(11-18(13-21)15-35)5-6-19-9-10-22(14-26(19)33)38-16-23-28(34-39-29(23)20-7-8-20)27-24(31)3-2-4-25(27)32/h2-4,9-10,15-18,24H,7-8,11-14,19-20H2,1H3;2-4,9-15,20H,7-8,16H2,1H3. The number of halogens is 6. The van der Waals surface area contributed by atoms with Crippen molar-refractivity contribution in [1.82, 2.24) is 15.2 Å². The summed E-state index contributed by atoms with van der Waals surface area (Å²) in [6, 6.07) is 31.3. The number of morpholine rings is 1. The van der Waals surface area contributed by atoms with Crippen molar-refractivity contribution in [3.63, 3.8) is 0 Å². The van der Waals surface area contributed by atoms with Crippen LogP contribution < -0.4 is 9.47 Å². The Morgan fingerprint density at radius 3 is 1.47 bits per heavy atom. The number of carbonyl (C=O) groups excluding carboxylic acids is 3. The second-order valence-corrected chi connectivity index (χ2v) is 22.0. The summed E-state index contributed by atoms with van der Waals surface area (Å²) in [6.07, 6.45) is 4.76. The Labute approximate surface area is 508 Å². The number of ether oxygens (including phenoxy) is 5. The fourth-order valence-electron chi connectivity index (χ4n) is 9.20. The predicted molar refractivity (Wildman–Crippen MR) is 318 cm³/mol. The first-order chi connectivity index (χ1) is 40.3. The highest BCUT2D eigenvalue weighted by Crippen LogP contribution is 2.48. The van der Waals surface area contributed by atoms with Crippen molar-refractivity contribution in [2.45, 2.75) is 57.3 Å². The van der Waals surface area contributed by atoms with Crippen molar-refractivity contribution in [3.8, 4) is 57.7 Å². The third-order valence-corrected chi connectivity index (χ3v) is 15.6. The average molecular weight is 1230 g/mol. The van der Waals surface area contributed by atoms with E-state index in [0.29, 0.717) is 135 Å². The molecule has 0 spiro atoms. The molecule has 2 aliphatic carbocycles. The van der Waals surface area contributed by atoms with Crippen LogP contribution in [0.2, 0.25) is 30.1 Å². The first-order valence-electron chi connectivity index (χ1n) is 26.2. The number of benzene rings is 6. The Morgan fingerprint density at radius 2 is 1.04 bits per heavy atom. The SMILES string of the molecule is COC(=O)c1cc(C#Cc2ccc(OCc3c(-c4c(Cl)cccc4Cl)noc3C3CC3)cc2Cl)cc(C=O)c1.COC(=O)c1cc(C#Cc2ccc(OCc3c(-c4c(Cl)cccc4Cl)noc3C3CC3)cc2Cl)cc(CN2CCOCC2)c1. The maximum absolute atomic E-state index is 12.4. The summed E-state index contributed by atoms with van der Waals surface area (Å²) in [4.78, 5) is 37.8. The minimum atomic E-state index is -0.557. The van der Waals surface area contributed by atoms with Gasteiger partial charge < -0.3 is 32.7 Å². The molecule has 1 aliphatic heterocycles. The van der Waals surface area contributed by atoms with Gasteiger partial charge in [0.25, 0.3) is 0 Å². The van der Waals surface area contributed by atoms with E-state index in [1.54, 1.807) is 78.9 Å². The molecule has 2 aromatic heterocycles. The quantitative estimate of drug-likeness (QED) is 0.0544. The van der Waals surface area contributed by atoms with E-state index in [-0.39, 0.29) is 18.8 Å². The highest BCUT2D eigenvalue weighted by atomic mass is 35.5. The zero-order valence-electron chi connectivity index (χ0n) is 44.6. The minimum absolute atomic E-state index is 0.183. The van der Waals surface area contributed by atoms with E-state index in [1.807, 2.05) is 24.3 Å². The molecule has 19 heteroatoms. The molecule has 3 fully saturated rings. The molecule has 0 bridgehead atoms. The summed E-state index contributed by atoms with van der Waals surface area (Å²) in [5, 5.41) is 11.4. The van der Waals surface area contributed by atoms with E-state index in [9.17, 15) is 14.4 Å². The third kappa shape index (κ3) is 14.6. The predicted octanol–water partition coefficient (Wildman–Crippen LogP) is 15.5. The molecule has 11 rings (SSSR count). The monoisotopic (exact) mass is 1230 g/mol. The Morgan fingerprint density at radius 1 is 0.578 bits per heavy atom. The highest BCUT2D eigenvalue weighted by Gasteiger charge is 2.35. The Balaban J connectivity index is 0.000000187. The van der Waals surface area contributed by atoms with Crippen LogP contribution in [0.1, 0.15) is 119 Å². The van der Waals surface area contributed by atoms with Gasteiger partial charge >= 0.3 is 11.9 Å². The molecular formula is C64H49Cl6N3O10. The molecule has 0 radical (unpaired) electrons. The van der Waals surface area contributed by atoms with Gasteiger partial charge in [-0.05, 0) is 116 Å². The Kier molecular flexibility index (Phi) is 19.1. The van der Waals surface area contributed by atoms with E-state index in [1.165, 1.54) is 20.3 Å². The first-order valence-corrected chi connectivity index (χ1v) is 28.5. The van der Waals surface area contributed by atoms with Crippen LogP contribution in [0.4, 0.5) is 0 Å². The number of hydrogen-bond acceptors (Lipinski definition) is 13. The van der Waals surface area contributed by atoms with Crippen molar-refractivity contribution in [1.29, 1.82) is 0 Å². The number of aldehydes is 1. The van der Waals surface area contributed by atoms with Crippen molar-refractivity contribution in [2.75, 3.05) is 40.5 Å². The molecule has 0 N–H and O–H groups in total. The fraction of sp³-hybridized carbons (Fsp3) is 0.234. The molecule has 83 heavy (non-hydrogen) atoms. The van der Waals surface area contributed by atoms with Crippen LogP contribution in [-0.4, -0.2) is 74.0 Å². The number of nitrogens with zero attached hydrogens (tertiary/aromatic N) is 3. The van der Waals surface area contributed by atoms with E-state index in [0.717, 1.165) is 67.0 Å². The zero-order valence-corrected chi connectivity index (χ0v) is 49.1. The minimum Gasteiger partial charge on any atom is -0.489 e. The van der Waals surface area contributed by atoms with Crippen molar-refractivity contribution >= 4 is 87.8 Å². The molecule has 8 aromatic rings. The van der Waals surface area contributed by atoms with Crippen LogP contribution in [-0.2, 0) is 34.0 Å². The topological polar surface area (TPSA) is 153 Å². The number of carbonyl (C=O) groups is 3. The fourth-order valence-corrected chi connectivity index (χ4v) is 10.8. The van der Waals surface area contributed by atoms with E-state index in [4.69, 9.17) is 102 Å². The molecule has 2 saturated carbocycles. The van der Waals surface area contributed by atoms with Gasteiger partial charge in [-0.2, -0.15) is 0 Å². The molecule has 1 saturated heterocycles. The molecule has 0 amide bonds. The lowest BCUT2D eigenvalue weighted by Gasteiger charge is -2.26. The normalized spacial score (nSPS) is 13.8. The summed E-state index contributed by atoms with van der Waals surface area (Å²) in [5.41, 5.74) is 8.31. The molecule has 6 aromatic carbocycles. The van der Waals surface area contributed by atoms with Crippen molar-refractivity contribution in [3.05, 3.63) is 206 Å². The number of esters is 2. The van der Waals surface area contributed by atoms with E-state index in [2.05, 4.69) is 38.9 Å². The van der Waals surface area contributed by atoms with E-state index >= 15 is 0 Å². The lowest BCUT2D eigenvalue weighted by molar-refractivity contribution is 0.0341. The summed E-state index contributed by atoms with van der Waals surface area (Å²) in [6.45, 7) is 4.14. The second kappa shape index (κ2) is 27.0. The largest absolute Gasteiger partial charge is 0.489 e. The van der Waals surface area contributed by atoms with Gasteiger partial charge in [-0.25, -0.2) is 9.59 Å². The first kappa shape index (κ1) is 58.9. The van der Waals surface area contributed by atoms with Crippen LogP contribution in [0.25, 0.3) is 22.5 Å². The van der Waals surface area contributed by atoms with Crippen LogP contribution in [0.5, 0.6) is 11.5 Å². The summed E-state index contributed by atoms with van der Waals surface area (Å²) >= 11 is 39.0. The molecule has 3 heterocycles. The van der Waals surface area contributed by atoms with Gasteiger partial charge in [0.15, 0.2) is 0 Å². The molecule has 0 atom stereocenters. The lowest BCUT2D eigenvalue weighted by atomic mass is 10.0. The number of aromatic nitrogens is 2. The smallest absolute Gasteiger partial charge is 0.337 e. The molecule has 13 nitrogen and oxygen atoms in total. The van der Waals surface area contributed by atoms with Crippen LogP contribution in [0.15, 0.2) is 118 Å². The number of hydrogen-bond donors (Lipinski definition) is 0. The highest BCUT2D eigenvalue weighted by molar-refractivity contribution is 6.40. The van der Waals surface area contributed by atoms with Gasteiger partial charge in [0, 0.05) is 82.5 Å². The molecule has 422 valence electrons. The van der Waals surface area contributed by atoms with E-state index < -0.39 is 11.9 Å². The molecule has 0 unspecified atom stereocenters. The average Bonchev–Trinajstić information content (AvgIpc) is 4.61. The zero-order chi connectivity index (χ0) is 58.1. The Bertz CT molecular complexity index is 3860. The molecule has 3 aliphatic rings. The van der Waals surface area contributed by atoms with Gasteiger partial charge in [-0.1, -0.05) is 116 Å². The summed E-state index contributed by atoms with van der Waals surface area (Å²) < 4.78 is 38.9. The maximum atomic E-state index is 12.4. The van der Waals surface area contributed by atoms with Gasteiger partial charge in [0.2, 0.25) is 0 Å². The third-order valence-electron chi connectivity index (χ3n) is 13.7. The molecular weight excluding hydrogens is 1180 g/mol. The Hall–Kier alpha value is -7.27. The van der Waals surface area contributed by atoms with Crippen molar-refractivity contribution in [2.24, 2.45) is 0 Å². The van der Waals surface area contributed by atoms with Gasteiger partial charge in [-0.3, -0.25) is 9.69 Å². The maximum Gasteiger partial charge on any atom is 0.337 e. The van der Waals surface area contributed by atoms with Gasteiger partial charge in [0.1, 0.15) is 53.9 Å². The van der Waals surface area contributed by atoms with Crippen LogP contribution in [0, 0.1) is 23.7 Å². The number of rotatable bonds is 15. The lowest BCUT2D eigenvalue weighted by Crippen LogP contribution is -2.35. The number of methoxy groups -OCH3 is 2. The van der Waals surface area contributed by atoms with Crippen LogP contribution >= 0.6 is 69.6 Å². The van der Waals surface area contributed by atoms with Crippen molar-refractivity contribution < 1.29 is 47.1 Å². The van der Waals surface area contributed by atoms with Gasteiger partial charge in [-0.15, -0.1) is 0 Å². The summed E-state index contributed by atoms with van der Waals surface area (Å²) in [5.74, 6) is 14.5. The van der Waals surface area contributed by atoms with Gasteiger partial charge in [0.05, 0.1) is 79.8 Å². The second-order valence-electron chi connectivity index (χ2n) is 19.6.